The molecule has 6 heteroatoms. The van der Waals surface area contributed by atoms with Crippen LogP contribution >= 0.6 is 0 Å². The second-order valence-corrected chi connectivity index (χ2v) is 4.30. The number of carbonyl (C=O) groups excluding carboxylic acids is 1. The highest BCUT2D eigenvalue weighted by atomic mass is 19.4. The minimum absolute atomic E-state index is 0.219. The fourth-order valence-electron chi connectivity index (χ4n) is 1.46. The van der Waals surface area contributed by atoms with Gasteiger partial charge in [0.05, 0.1) is 5.56 Å². The van der Waals surface area contributed by atoms with Crippen LogP contribution in [0.15, 0.2) is 24.3 Å². The summed E-state index contributed by atoms with van der Waals surface area (Å²) in [4.78, 5) is 11.3. The van der Waals surface area contributed by atoms with E-state index < -0.39 is 11.7 Å². The van der Waals surface area contributed by atoms with E-state index in [4.69, 9.17) is 0 Å². The Hall–Kier alpha value is -1.72. The molecule has 0 saturated heterocycles. The summed E-state index contributed by atoms with van der Waals surface area (Å²) in [6.45, 7) is 0.219. The average Bonchev–Trinajstić information content (AvgIpc) is 3.10. The first kappa shape index (κ1) is 12.7. The molecule has 0 spiro atoms. The normalized spacial score (nSPS) is 15.3. The van der Waals surface area contributed by atoms with Gasteiger partial charge < -0.3 is 10.6 Å². The first-order valence-electron chi connectivity index (χ1n) is 5.65. The third kappa shape index (κ3) is 3.65. The van der Waals surface area contributed by atoms with Gasteiger partial charge in [0.25, 0.3) is 0 Å². The molecule has 1 aromatic carbocycles. The number of hydrogen-bond donors (Lipinski definition) is 2. The van der Waals surface area contributed by atoms with E-state index in [1.165, 1.54) is 12.1 Å². The van der Waals surface area contributed by atoms with Gasteiger partial charge in [0.1, 0.15) is 0 Å². The van der Waals surface area contributed by atoms with Gasteiger partial charge in [-0.2, -0.15) is 13.2 Å². The van der Waals surface area contributed by atoms with Crippen LogP contribution in [0.1, 0.15) is 24.0 Å². The molecule has 1 fully saturated rings. The molecule has 3 nitrogen and oxygen atoms in total. The minimum Gasteiger partial charge on any atom is -0.335 e. The lowest BCUT2D eigenvalue weighted by Gasteiger charge is -2.09. The van der Waals surface area contributed by atoms with Gasteiger partial charge in [-0.1, -0.05) is 12.1 Å². The summed E-state index contributed by atoms with van der Waals surface area (Å²) in [6, 6.07) is 4.72. The fraction of sp³-hybridized carbons (Fsp3) is 0.417. The van der Waals surface area contributed by atoms with Crippen LogP contribution in [0.3, 0.4) is 0 Å². The molecule has 1 saturated carbocycles. The van der Waals surface area contributed by atoms with Crippen molar-refractivity contribution in [2.45, 2.75) is 31.6 Å². The molecule has 0 aliphatic heterocycles. The predicted octanol–water partition coefficient (Wildman–Crippen LogP) is 2.67. The Labute approximate surface area is 102 Å². The molecule has 1 aromatic rings. The Balaban J connectivity index is 1.84. The van der Waals surface area contributed by atoms with Crippen molar-refractivity contribution in [2.75, 3.05) is 0 Å². The number of hydrogen-bond acceptors (Lipinski definition) is 1. The monoisotopic (exact) mass is 258 g/mol. The molecule has 0 radical (unpaired) electrons. The minimum atomic E-state index is -4.32. The zero-order valence-electron chi connectivity index (χ0n) is 9.55. The van der Waals surface area contributed by atoms with Crippen molar-refractivity contribution in [2.24, 2.45) is 0 Å². The number of urea groups is 1. The van der Waals surface area contributed by atoms with Crippen LogP contribution in [-0.4, -0.2) is 12.1 Å². The maximum absolute atomic E-state index is 12.3. The first-order chi connectivity index (χ1) is 8.45. The third-order valence-electron chi connectivity index (χ3n) is 2.65. The maximum Gasteiger partial charge on any atom is 0.416 e. The van der Waals surface area contributed by atoms with E-state index in [0.29, 0.717) is 5.56 Å². The Morgan fingerprint density at radius 2 is 1.83 bits per heavy atom. The SMILES string of the molecule is O=C(NCc1ccc(C(F)(F)F)cc1)NC1CC1. The number of benzene rings is 1. The summed E-state index contributed by atoms with van der Waals surface area (Å²) in [5.41, 5.74) is -0.0531. The lowest BCUT2D eigenvalue weighted by molar-refractivity contribution is -0.137. The van der Waals surface area contributed by atoms with Crippen molar-refractivity contribution in [1.82, 2.24) is 10.6 Å². The first-order valence-corrected chi connectivity index (χ1v) is 5.65. The van der Waals surface area contributed by atoms with Crippen LogP contribution < -0.4 is 10.6 Å². The van der Waals surface area contributed by atoms with E-state index in [1.807, 2.05) is 0 Å². The zero-order chi connectivity index (χ0) is 13.2. The van der Waals surface area contributed by atoms with Crippen molar-refractivity contribution in [1.29, 1.82) is 0 Å². The van der Waals surface area contributed by atoms with Crippen LogP contribution in [0.4, 0.5) is 18.0 Å². The molecule has 18 heavy (non-hydrogen) atoms. The van der Waals surface area contributed by atoms with Gasteiger partial charge in [-0.05, 0) is 30.5 Å². The van der Waals surface area contributed by atoms with Gasteiger partial charge in [0.2, 0.25) is 0 Å². The lowest BCUT2D eigenvalue weighted by Crippen LogP contribution is -2.36. The van der Waals surface area contributed by atoms with Gasteiger partial charge in [-0.3, -0.25) is 0 Å². The van der Waals surface area contributed by atoms with E-state index in [1.54, 1.807) is 0 Å². The molecule has 2 amide bonds. The molecule has 98 valence electrons. The fourth-order valence-corrected chi connectivity index (χ4v) is 1.46. The van der Waals surface area contributed by atoms with E-state index in [0.717, 1.165) is 25.0 Å². The summed E-state index contributed by atoms with van der Waals surface area (Å²) in [5, 5.41) is 5.33. The molecule has 2 rings (SSSR count). The summed E-state index contributed by atoms with van der Waals surface area (Å²) >= 11 is 0. The molecule has 2 N–H and O–H groups in total. The summed E-state index contributed by atoms with van der Waals surface area (Å²) in [7, 11) is 0. The number of halogens is 3. The largest absolute Gasteiger partial charge is 0.416 e. The lowest BCUT2D eigenvalue weighted by atomic mass is 10.1. The summed E-state index contributed by atoms with van der Waals surface area (Å²) in [6.07, 6.45) is -2.34. The number of nitrogens with one attached hydrogen (secondary N) is 2. The van der Waals surface area contributed by atoms with Gasteiger partial charge in [0.15, 0.2) is 0 Å². The molecule has 0 unspecified atom stereocenters. The Morgan fingerprint density at radius 1 is 1.22 bits per heavy atom. The van der Waals surface area contributed by atoms with Crippen LogP contribution in [-0.2, 0) is 12.7 Å². The van der Waals surface area contributed by atoms with Gasteiger partial charge >= 0.3 is 12.2 Å². The Bertz CT molecular complexity index is 424. The summed E-state index contributed by atoms with van der Waals surface area (Å²) in [5.74, 6) is 0. The van der Waals surface area contributed by atoms with E-state index >= 15 is 0 Å². The van der Waals surface area contributed by atoms with Crippen LogP contribution in [0.25, 0.3) is 0 Å². The van der Waals surface area contributed by atoms with Crippen LogP contribution in [0.2, 0.25) is 0 Å². The number of rotatable bonds is 3. The van der Waals surface area contributed by atoms with Crippen molar-refractivity contribution in [3.63, 3.8) is 0 Å². The third-order valence-corrected chi connectivity index (χ3v) is 2.65. The topological polar surface area (TPSA) is 41.1 Å². The molecule has 0 atom stereocenters. The number of carbonyl (C=O) groups is 1. The summed E-state index contributed by atoms with van der Waals surface area (Å²) < 4.78 is 36.9. The Morgan fingerprint density at radius 3 is 2.33 bits per heavy atom. The molecule has 1 aliphatic rings. The van der Waals surface area contributed by atoms with Crippen LogP contribution in [0, 0.1) is 0 Å². The average molecular weight is 258 g/mol. The second kappa shape index (κ2) is 4.88. The highest BCUT2D eigenvalue weighted by Crippen LogP contribution is 2.29. The van der Waals surface area contributed by atoms with Crippen molar-refractivity contribution >= 4 is 6.03 Å². The van der Waals surface area contributed by atoms with E-state index in [2.05, 4.69) is 10.6 Å². The number of alkyl halides is 3. The van der Waals surface area contributed by atoms with Gasteiger partial charge in [-0.25, -0.2) is 4.79 Å². The molecule has 0 aromatic heterocycles. The highest BCUT2D eigenvalue weighted by Gasteiger charge is 2.29. The van der Waals surface area contributed by atoms with Crippen molar-refractivity contribution in [3.8, 4) is 0 Å². The molecule has 0 heterocycles. The second-order valence-electron chi connectivity index (χ2n) is 4.30. The van der Waals surface area contributed by atoms with E-state index in [9.17, 15) is 18.0 Å². The molecular weight excluding hydrogens is 245 g/mol. The highest BCUT2D eigenvalue weighted by molar-refractivity contribution is 5.74. The van der Waals surface area contributed by atoms with Gasteiger partial charge in [-0.15, -0.1) is 0 Å². The maximum atomic E-state index is 12.3. The van der Waals surface area contributed by atoms with Crippen molar-refractivity contribution in [3.05, 3.63) is 35.4 Å². The standard InChI is InChI=1S/C12H13F3N2O/c13-12(14,15)9-3-1-8(2-4-9)7-16-11(18)17-10-5-6-10/h1-4,10H,5-7H2,(H2,16,17,18). The quantitative estimate of drug-likeness (QED) is 0.859. The van der Waals surface area contributed by atoms with Crippen LogP contribution in [0.5, 0.6) is 0 Å². The van der Waals surface area contributed by atoms with Gasteiger partial charge in [0, 0.05) is 12.6 Å². The Kier molecular flexibility index (Phi) is 3.45. The van der Waals surface area contributed by atoms with Crippen molar-refractivity contribution < 1.29 is 18.0 Å². The molecular formula is C12H13F3N2O. The zero-order valence-corrected chi connectivity index (χ0v) is 9.55. The molecule has 0 bridgehead atoms. The number of amides is 2. The smallest absolute Gasteiger partial charge is 0.335 e. The van der Waals surface area contributed by atoms with E-state index in [-0.39, 0.29) is 18.6 Å². The predicted molar refractivity (Wildman–Crippen MR) is 59.8 cm³/mol. The molecule has 1 aliphatic carbocycles.